The van der Waals surface area contributed by atoms with Crippen molar-refractivity contribution in [1.82, 2.24) is 0 Å². The minimum atomic E-state index is -0.337. The van der Waals surface area contributed by atoms with Crippen molar-refractivity contribution in [2.24, 2.45) is 11.7 Å². The number of hydrogen-bond donors (Lipinski definition) is 1. The summed E-state index contributed by atoms with van der Waals surface area (Å²) in [5, 5.41) is 0. The maximum Gasteiger partial charge on any atom is 0.152 e. The Morgan fingerprint density at radius 1 is 1.47 bits per heavy atom. The van der Waals surface area contributed by atoms with Crippen LogP contribution in [0.5, 0.6) is 0 Å². The molecule has 1 saturated carbocycles. The van der Waals surface area contributed by atoms with E-state index in [0.717, 1.165) is 22.9 Å². The molecule has 2 nitrogen and oxygen atoms in total. The molecule has 1 aliphatic rings. The number of nitrogens with two attached hydrogens (primary N) is 1. The van der Waals surface area contributed by atoms with Gasteiger partial charge in [-0.15, -0.1) is 0 Å². The van der Waals surface area contributed by atoms with Crippen molar-refractivity contribution in [3.8, 4) is 0 Å². The van der Waals surface area contributed by atoms with Crippen molar-refractivity contribution < 1.29 is 4.79 Å². The van der Waals surface area contributed by atoms with Crippen LogP contribution in [0.3, 0.4) is 0 Å². The SMILES string of the molecule is NC(Cc1ccccc1Br)C(=O)C1CC1. The second-order valence-electron chi connectivity index (χ2n) is 4.08. The molecule has 15 heavy (non-hydrogen) atoms. The minimum Gasteiger partial charge on any atom is -0.321 e. The number of ketones is 1. The van der Waals surface area contributed by atoms with Gasteiger partial charge in [0, 0.05) is 10.4 Å². The Balaban J connectivity index is 2.01. The van der Waals surface area contributed by atoms with Crippen LogP contribution in [0, 0.1) is 5.92 Å². The van der Waals surface area contributed by atoms with Crippen LogP contribution < -0.4 is 5.73 Å². The lowest BCUT2D eigenvalue weighted by Gasteiger charge is -2.11. The molecule has 0 spiro atoms. The van der Waals surface area contributed by atoms with Gasteiger partial charge < -0.3 is 5.73 Å². The fourth-order valence-corrected chi connectivity index (χ4v) is 2.12. The van der Waals surface area contributed by atoms with E-state index in [-0.39, 0.29) is 17.7 Å². The highest BCUT2D eigenvalue weighted by molar-refractivity contribution is 9.10. The lowest BCUT2D eigenvalue weighted by Crippen LogP contribution is -2.33. The van der Waals surface area contributed by atoms with Crippen molar-refractivity contribution in [1.29, 1.82) is 0 Å². The third-order valence-corrected chi connectivity index (χ3v) is 3.52. The van der Waals surface area contributed by atoms with Crippen LogP contribution in [-0.2, 0) is 11.2 Å². The van der Waals surface area contributed by atoms with Crippen molar-refractivity contribution >= 4 is 21.7 Å². The topological polar surface area (TPSA) is 43.1 Å². The molecular weight excluding hydrogens is 254 g/mol. The predicted molar refractivity (Wildman–Crippen MR) is 63.6 cm³/mol. The number of Topliss-reactive ketones (excluding diaryl/α,β-unsaturated/α-hetero) is 1. The molecule has 0 bridgehead atoms. The van der Waals surface area contributed by atoms with Crippen LogP contribution in [0.2, 0.25) is 0 Å². The van der Waals surface area contributed by atoms with Gasteiger partial charge in [-0.2, -0.15) is 0 Å². The number of halogens is 1. The second-order valence-corrected chi connectivity index (χ2v) is 4.93. The van der Waals surface area contributed by atoms with E-state index in [1.54, 1.807) is 0 Å². The summed E-state index contributed by atoms with van der Waals surface area (Å²) in [6, 6.07) is 7.57. The zero-order valence-corrected chi connectivity index (χ0v) is 10.0. The average Bonchev–Trinajstić information content (AvgIpc) is 3.04. The van der Waals surface area contributed by atoms with Crippen LogP contribution in [0.15, 0.2) is 28.7 Å². The molecule has 1 fully saturated rings. The molecule has 0 amide bonds. The summed E-state index contributed by atoms with van der Waals surface area (Å²) in [6.07, 6.45) is 2.70. The molecular formula is C12H14BrNO. The molecule has 1 aromatic carbocycles. The first-order valence-electron chi connectivity index (χ1n) is 5.21. The van der Waals surface area contributed by atoms with E-state index >= 15 is 0 Å². The normalized spacial score (nSPS) is 17.5. The lowest BCUT2D eigenvalue weighted by molar-refractivity contribution is -0.121. The fraction of sp³-hybridized carbons (Fsp3) is 0.417. The quantitative estimate of drug-likeness (QED) is 0.910. The van der Waals surface area contributed by atoms with Crippen LogP contribution in [-0.4, -0.2) is 11.8 Å². The molecule has 0 saturated heterocycles. The molecule has 2 N–H and O–H groups in total. The van der Waals surface area contributed by atoms with E-state index < -0.39 is 0 Å². The van der Waals surface area contributed by atoms with Gasteiger partial charge in [-0.05, 0) is 30.9 Å². The molecule has 0 aliphatic heterocycles. The average molecular weight is 268 g/mol. The van der Waals surface area contributed by atoms with Gasteiger partial charge in [0.2, 0.25) is 0 Å². The predicted octanol–water partition coefficient (Wildman–Crippen LogP) is 2.30. The number of carbonyl (C=O) groups excluding carboxylic acids is 1. The van der Waals surface area contributed by atoms with Gasteiger partial charge in [-0.1, -0.05) is 34.1 Å². The van der Waals surface area contributed by atoms with Crippen LogP contribution >= 0.6 is 15.9 Å². The lowest BCUT2D eigenvalue weighted by atomic mass is 10.0. The smallest absolute Gasteiger partial charge is 0.152 e. The molecule has 3 heteroatoms. The standard InChI is InChI=1S/C12H14BrNO/c13-10-4-2-1-3-9(10)7-11(14)12(15)8-5-6-8/h1-4,8,11H,5-7,14H2. The molecule has 1 aromatic rings. The Morgan fingerprint density at radius 2 is 2.13 bits per heavy atom. The van der Waals surface area contributed by atoms with Crippen LogP contribution in [0.1, 0.15) is 18.4 Å². The van der Waals surface area contributed by atoms with Gasteiger partial charge >= 0.3 is 0 Å². The Hall–Kier alpha value is -0.670. The highest BCUT2D eigenvalue weighted by atomic mass is 79.9. The Labute approximate surface area is 98.0 Å². The van der Waals surface area contributed by atoms with Crippen molar-refractivity contribution in [2.45, 2.75) is 25.3 Å². The zero-order valence-electron chi connectivity index (χ0n) is 8.45. The summed E-state index contributed by atoms with van der Waals surface area (Å²) in [6.45, 7) is 0. The van der Waals surface area contributed by atoms with E-state index in [0.29, 0.717) is 6.42 Å². The zero-order chi connectivity index (χ0) is 10.8. The summed E-state index contributed by atoms with van der Waals surface area (Å²) in [4.78, 5) is 11.7. The van der Waals surface area contributed by atoms with E-state index in [4.69, 9.17) is 5.73 Å². The Kier molecular flexibility index (Phi) is 3.22. The molecule has 2 rings (SSSR count). The number of rotatable bonds is 4. The summed E-state index contributed by atoms with van der Waals surface area (Å²) < 4.78 is 1.03. The summed E-state index contributed by atoms with van der Waals surface area (Å²) in [5.41, 5.74) is 7.00. The maximum atomic E-state index is 11.7. The highest BCUT2D eigenvalue weighted by Gasteiger charge is 2.33. The Morgan fingerprint density at radius 3 is 2.73 bits per heavy atom. The highest BCUT2D eigenvalue weighted by Crippen LogP contribution is 2.31. The number of hydrogen-bond acceptors (Lipinski definition) is 2. The molecule has 0 radical (unpaired) electrons. The van der Waals surface area contributed by atoms with Crippen molar-refractivity contribution in [3.63, 3.8) is 0 Å². The van der Waals surface area contributed by atoms with E-state index in [1.165, 1.54) is 0 Å². The van der Waals surface area contributed by atoms with Gasteiger partial charge in [0.05, 0.1) is 6.04 Å². The van der Waals surface area contributed by atoms with Crippen molar-refractivity contribution in [3.05, 3.63) is 34.3 Å². The third kappa shape index (κ3) is 2.67. The first-order valence-corrected chi connectivity index (χ1v) is 6.00. The van der Waals surface area contributed by atoms with Gasteiger partial charge in [0.1, 0.15) is 0 Å². The van der Waals surface area contributed by atoms with Gasteiger partial charge in [0.25, 0.3) is 0 Å². The minimum absolute atomic E-state index is 0.228. The van der Waals surface area contributed by atoms with Gasteiger partial charge in [-0.25, -0.2) is 0 Å². The maximum absolute atomic E-state index is 11.7. The fourth-order valence-electron chi connectivity index (χ4n) is 1.67. The number of carbonyl (C=O) groups is 1. The first-order chi connectivity index (χ1) is 7.18. The largest absolute Gasteiger partial charge is 0.321 e. The van der Waals surface area contributed by atoms with Crippen LogP contribution in [0.25, 0.3) is 0 Å². The van der Waals surface area contributed by atoms with Gasteiger partial charge in [0.15, 0.2) is 5.78 Å². The molecule has 1 atom stereocenters. The van der Waals surface area contributed by atoms with Gasteiger partial charge in [-0.3, -0.25) is 4.79 Å². The van der Waals surface area contributed by atoms with Crippen LogP contribution in [0.4, 0.5) is 0 Å². The number of benzene rings is 1. The Bertz CT molecular complexity index is 374. The molecule has 0 heterocycles. The summed E-state index contributed by atoms with van der Waals surface area (Å²) in [7, 11) is 0. The molecule has 1 aliphatic carbocycles. The van der Waals surface area contributed by atoms with E-state index in [9.17, 15) is 4.79 Å². The summed E-state index contributed by atoms with van der Waals surface area (Å²) >= 11 is 3.46. The van der Waals surface area contributed by atoms with E-state index in [1.807, 2.05) is 24.3 Å². The monoisotopic (exact) mass is 267 g/mol. The second kappa shape index (κ2) is 4.45. The molecule has 80 valence electrons. The van der Waals surface area contributed by atoms with E-state index in [2.05, 4.69) is 15.9 Å². The summed E-state index contributed by atoms with van der Waals surface area (Å²) in [5.74, 6) is 0.480. The third-order valence-electron chi connectivity index (χ3n) is 2.74. The molecule has 0 aromatic heterocycles. The van der Waals surface area contributed by atoms with Crippen molar-refractivity contribution in [2.75, 3.05) is 0 Å². The molecule has 1 unspecified atom stereocenters. The first kappa shape index (κ1) is 10.8.